The summed E-state index contributed by atoms with van der Waals surface area (Å²) in [4.78, 5) is 79.0. The molecule has 1 aliphatic rings. The van der Waals surface area contributed by atoms with Crippen molar-refractivity contribution in [1.82, 2.24) is 26.2 Å². The van der Waals surface area contributed by atoms with Crippen LogP contribution < -0.4 is 27.0 Å². The van der Waals surface area contributed by atoms with Gasteiger partial charge in [-0.25, -0.2) is 4.79 Å². The van der Waals surface area contributed by atoms with Crippen molar-refractivity contribution in [3.05, 3.63) is 71.8 Å². The van der Waals surface area contributed by atoms with E-state index in [1.807, 2.05) is 44.2 Å². The number of likely N-dealkylation sites (tertiary alicyclic amines) is 1. The van der Waals surface area contributed by atoms with Gasteiger partial charge in [-0.2, -0.15) is 0 Å². The summed E-state index contributed by atoms with van der Waals surface area (Å²) in [7, 11) is 0. The number of aliphatic hydroxyl groups excluding tert-OH is 1. The molecule has 1 saturated heterocycles. The van der Waals surface area contributed by atoms with E-state index < -0.39 is 78.4 Å². The van der Waals surface area contributed by atoms with Gasteiger partial charge in [0, 0.05) is 13.0 Å². The van der Waals surface area contributed by atoms with Crippen LogP contribution in [0.3, 0.4) is 0 Å². The molecule has 0 spiro atoms. The summed E-state index contributed by atoms with van der Waals surface area (Å²) < 4.78 is 0. The highest BCUT2D eigenvalue weighted by Gasteiger charge is 2.39. The molecule has 1 heterocycles. The molecule has 266 valence electrons. The molecule has 1 fully saturated rings. The minimum absolute atomic E-state index is 0.0278. The van der Waals surface area contributed by atoms with Gasteiger partial charge in [0.25, 0.3) is 0 Å². The minimum Gasteiger partial charge on any atom is -0.480 e. The maximum atomic E-state index is 13.9. The molecule has 0 aromatic heterocycles. The van der Waals surface area contributed by atoms with Crippen molar-refractivity contribution in [2.75, 3.05) is 13.1 Å². The number of aliphatic hydroxyl groups is 1. The number of nitrogens with two attached hydrogens (primary N) is 1. The van der Waals surface area contributed by atoms with Crippen LogP contribution in [0.5, 0.6) is 0 Å². The Hall–Kier alpha value is -4.82. The Kier molecular flexibility index (Phi) is 14.7. The number of nitrogens with one attached hydrogen (secondary N) is 4. The molecule has 2 aromatic carbocycles. The van der Waals surface area contributed by atoms with Gasteiger partial charge in [-0.1, -0.05) is 74.5 Å². The van der Waals surface area contributed by atoms with E-state index in [9.17, 15) is 39.0 Å². The molecule has 14 nitrogen and oxygen atoms in total. The number of carboxylic acid groups (broad SMARTS) is 1. The highest BCUT2D eigenvalue weighted by molar-refractivity contribution is 5.95. The molecule has 6 atom stereocenters. The second-order valence-corrected chi connectivity index (χ2v) is 12.8. The molecule has 1 aliphatic heterocycles. The highest BCUT2D eigenvalue weighted by Crippen LogP contribution is 2.20. The quantitative estimate of drug-likeness (QED) is 0.118. The predicted octanol–water partition coefficient (Wildman–Crippen LogP) is -0.128. The lowest BCUT2D eigenvalue weighted by molar-refractivity contribution is -0.147. The van der Waals surface area contributed by atoms with E-state index >= 15 is 0 Å². The van der Waals surface area contributed by atoms with Crippen LogP contribution in [0.25, 0.3) is 0 Å². The molecule has 14 heteroatoms. The molecule has 49 heavy (non-hydrogen) atoms. The van der Waals surface area contributed by atoms with Crippen LogP contribution in [0.2, 0.25) is 0 Å². The number of carbonyl (C=O) groups is 6. The van der Waals surface area contributed by atoms with E-state index in [-0.39, 0.29) is 31.7 Å². The lowest BCUT2D eigenvalue weighted by Crippen LogP contribution is -2.58. The Bertz CT molecular complexity index is 1440. The topological polar surface area (TPSA) is 220 Å². The van der Waals surface area contributed by atoms with Gasteiger partial charge >= 0.3 is 5.97 Å². The molecule has 0 saturated carbocycles. The van der Waals surface area contributed by atoms with Crippen LogP contribution in [0, 0.1) is 5.92 Å². The number of carbonyl (C=O) groups excluding carboxylic acids is 5. The predicted molar refractivity (Wildman–Crippen MR) is 181 cm³/mol. The van der Waals surface area contributed by atoms with Crippen molar-refractivity contribution in [1.29, 1.82) is 0 Å². The van der Waals surface area contributed by atoms with Crippen molar-refractivity contribution in [3.8, 4) is 0 Å². The normalized spacial score (nSPS) is 17.3. The maximum absolute atomic E-state index is 13.9. The molecule has 0 aliphatic carbocycles. The monoisotopic (exact) mass is 680 g/mol. The summed E-state index contributed by atoms with van der Waals surface area (Å²) in [5.41, 5.74) is 7.73. The molecule has 8 N–H and O–H groups in total. The Labute approximate surface area is 286 Å². The van der Waals surface area contributed by atoms with Crippen molar-refractivity contribution in [2.45, 2.75) is 89.2 Å². The van der Waals surface area contributed by atoms with Crippen LogP contribution in [0.15, 0.2) is 60.7 Å². The van der Waals surface area contributed by atoms with Crippen LogP contribution in [0.1, 0.15) is 51.2 Å². The van der Waals surface area contributed by atoms with E-state index in [2.05, 4.69) is 21.3 Å². The Morgan fingerprint density at radius 3 is 1.98 bits per heavy atom. The van der Waals surface area contributed by atoms with Gasteiger partial charge in [0.05, 0.1) is 18.7 Å². The Morgan fingerprint density at radius 1 is 0.837 bits per heavy atom. The summed E-state index contributed by atoms with van der Waals surface area (Å²) in [5.74, 6) is -4.42. The third-order valence-corrected chi connectivity index (χ3v) is 8.20. The standard InChI is InChI=1S/C35H48N6O8/c1-21(2)17-26(39-31(44)25(36)18-23-11-6-4-7-12-23)32(45)37-20-29(43)38-27(19-24-13-8-5-9-14-24)34(47)41-16-10-15-28(41)33(46)40-30(22(3)42)35(48)49/h4-9,11-14,21-22,25-28,30,42H,10,15-20,36H2,1-3H3,(H,37,45)(H,38,43)(H,39,44)(H,40,46)(H,48,49)/t22?,25-,26-,27-,28-,30-/m0/s1. The highest BCUT2D eigenvalue weighted by atomic mass is 16.4. The van der Waals surface area contributed by atoms with Crippen LogP contribution in [-0.4, -0.2) is 100 Å². The molecule has 0 radical (unpaired) electrons. The number of aliphatic carboxylic acids is 1. The van der Waals surface area contributed by atoms with Gasteiger partial charge in [0.2, 0.25) is 29.5 Å². The zero-order valence-electron chi connectivity index (χ0n) is 28.1. The van der Waals surface area contributed by atoms with Crippen molar-refractivity contribution >= 4 is 35.5 Å². The average Bonchev–Trinajstić information content (AvgIpc) is 3.56. The second kappa shape index (κ2) is 18.7. The molecular weight excluding hydrogens is 632 g/mol. The molecule has 3 rings (SSSR count). The van der Waals surface area contributed by atoms with E-state index in [1.165, 1.54) is 11.8 Å². The van der Waals surface area contributed by atoms with Gasteiger partial charge in [0.1, 0.15) is 18.1 Å². The Balaban J connectivity index is 1.68. The van der Waals surface area contributed by atoms with E-state index in [0.717, 1.165) is 11.1 Å². The smallest absolute Gasteiger partial charge is 0.328 e. The average molecular weight is 681 g/mol. The lowest BCUT2D eigenvalue weighted by atomic mass is 10.0. The molecular formula is C35H48N6O8. The number of hydrogen-bond acceptors (Lipinski definition) is 8. The fourth-order valence-corrected chi connectivity index (χ4v) is 5.67. The van der Waals surface area contributed by atoms with Crippen molar-refractivity contribution < 1.29 is 39.0 Å². The van der Waals surface area contributed by atoms with E-state index in [0.29, 0.717) is 12.8 Å². The van der Waals surface area contributed by atoms with E-state index in [1.54, 1.807) is 30.3 Å². The summed E-state index contributed by atoms with van der Waals surface area (Å²) >= 11 is 0. The number of carboxylic acids is 1. The largest absolute Gasteiger partial charge is 0.480 e. The first kappa shape index (κ1) is 38.6. The van der Waals surface area contributed by atoms with Gasteiger partial charge in [-0.05, 0) is 49.7 Å². The lowest BCUT2D eigenvalue weighted by Gasteiger charge is -2.30. The number of hydrogen-bond donors (Lipinski definition) is 7. The van der Waals surface area contributed by atoms with Gasteiger partial charge in [-0.15, -0.1) is 0 Å². The van der Waals surface area contributed by atoms with Crippen LogP contribution >= 0.6 is 0 Å². The second-order valence-electron chi connectivity index (χ2n) is 12.8. The maximum Gasteiger partial charge on any atom is 0.328 e. The molecule has 1 unspecified atom stereocenters. The minimum atomic E-state index is -1.56. The third kappa shape index (κ3) is 12.0. The zero-order valence-corrected chi connectivity index (χ0v) is 28.1. The number of amides is 5. The van der Waals surface area contributed by atoms with E-state index in [4.69, 9.17) is 5.73 Å². The summed E-state index contributed by atoms with van der Waals surface area (Å²) in [6, 6.07) is 12.6. The van der Waals surface area contributed by atoms with Crippen LogP contribution in [-0.2, 0) is 41.6 Å². The Morgan fingerprint density at radius 2 is 1.43 bits per heavy atom. The van der Waals surface area contributed by atoms with Gasteiger partial charge < -0.3 is 42.1 Å². The zero-order chi connectivity index (χ0) is 36.1. The first-order chi connectivity index (χ1) is 23.3. The van der Waals surface area contributed by atoms with Crippen molar-refractivity contribution in [3.63, 3.8) is 0 Å². The fourth-order valence-electron chi connectivity index (χ4n) is 5.67. The molecule has 0 bridgehead atoms. The van der Waals surface area contributed by atoms with Gasteiger partial charge in [-0.3, -0.25) is 24.0 Å². The SMILES string of the molecule is CC(C)C[C@H](NC(=O)[C@@H](N)Cc1ccccc1)C(=O)NCC(=O)N[C@@H](Cc1ccccc1)C(=O)N1CCC[C@H]1C(=O)N[C@H](C(=O)O)C(C)O. The number of nitrogens with zero attached hydrogens (tertiary/aromatic N) is 1. The first-order valence-corrected chi connectivity index (χ1v) is 16.5. The summed E-state index contributed by atoms with van der Waals surface area (Å²) in [5, 5.41) is 29.4. The first-order valence-electron chi connectivity index (χ1n) is 16.5. The molecule has 5 amide bonds. The number of rotatable bonds is 17. The molecule has 2 aromatic rings. The summed E-state index contributed by atoms with van der Waals surface area (Å²) in [6.07, 6.45) is 0.0259. The fraction of sp³-hybridized carbons (Fsp3) is 0.486. The van der Waals surface area contributed by atoms with Crippen molar-refractivity contribution in [2.24, 2.45) is 11.7 Å². The third-order valence-electron chi connectivity index (χ3n) is 8.20. The number of benzene rings is 2. The van der Waals surface area contributed by atoms with Gasteiger partial charge in [0.15, 0.2) is 6.04 Å². The van der Waals surface area contributed by atoms with Crippen LogP contribution in [0.4, 0.5) is 0 Å². The summed E-state index contributed by atoms with van der Waals surface area (Å²) in [6.45, 7) is 4.73.